The highest BCUT2D eigenvalue weighted by molar-refractivity contribution is 5.94. The average molecular weight is 208 g/mol. The van der Waals surface area contributed by atoms with Crippen LogP contribution >= 0.6 is 0 Å². The first-order valence-corrected chi connectivity index (χ1v) is 4.36. The van der Waals surface area contributed by atoms with E-state index in [4.69, 9.17) is 4.74 Å². The number of carbonyl (C=O) groups excluding carboxylic acids is 2. The lowest BCUT2D eigenvalue weighted by molar-refractivity contribution is 0.0596. The fourth-order valence-electron chi connectivity index (χ4n) is 1.27. The van der Waals surface area contributed by atoms with E-state index in [1.165, 1.54) is 20.3 Å². The Labute approximate surface area is 87.8 Å². The number of rotatable bonds is 3. The predicted molar refractivity (Wildman–Crippen MR) is 54.5 cm³/mol. The minimum atomic E-state index is -0.479. The normalized spacial score (nSPS) is 9.53. The molecule has 0 N–H and O–H groups in total. The summed E-state index contributed by atoms with van der Waals surface area (Å²) in [5.41, 5.74) is 1.54. The van der Waals surface area contributed by atoms with E-state index in [0.717, 1.165) is 6.29 Å². The molecule has 0 spiro atoms. The van der Waals surface area contributed by atoms with Crippen molar-refractivity contribution >= 4 is 12.3 Å². The zero-order chi connectivity index (χ0) is 11.4. The van der Waals surface area contributed by atoms with Gasteiger partial charge in [0.15, 0.2) is 0 Å². The lowest BCUT2D eigenvalue weighted by Gasteiger charge is -2.09. The highest BCUT2D eigenvalue weighted by Crippen LogP contribution is 2.23. The summed E-state index contributed by atoms with van der Waals surface area (Å²) in [4.78, 5) is 22.0. The molecule has 80 valence electrons. The van der Waals surface area contributed by atoms with Gasteiger partial charge in [0, 0.05) is 5.56 Å². The summed E-state index contributed by atoms with van der Waals surface area (Å²) in [7, 11) is 2.73. The Bertz CT molecular complexity index is 396. The standard InChI is InChI=1S/C11H12O4/c1-7-4-9(11(13)15-3)10(14-2)5-8(7)6-12/h4-6H,1-3H3. The van der Waals surface area contributed by atoms with Crippen LogP contribution in [-0.4, -0.2) is 26.5 Å². The largest absolute Gasteiger partial charge is 0.496 e. The molecule has 0 unspecified atom stereocenters. The molecule has 0 fully saturated rings. The Morgan fingerprint density at radius 2 is 2.00 bits per heavy atom. The van der Waals surface area contributed by atoms with Crippen LogP contribution in [0.25, 0.3) is 0 Å². The molecule has 0 aliphatic heterocycles. The molecule has 1 rings (SSSR count). The molecular weight excluding hydrogens is 196 g/mol. The lowest BCUT2D eigenvalue weighted by atomic mass is 10.0. The molecule has 1 aromatic rings. The average Bonchev–Trinajstić information content (AvgIpc) is 2.27. The molecule has 0 aromatic heterocycles. The van der Waals surface area contributed by atoms with Gasteiger partial charge in [0.2, 0.25) is 0 Å². The SMILES string of the molecule is COC(=O)c1cc(C)c(C=O)cc1OC. The number of carbonyl (C=O) groups is 2. The van der Waals surface area contributed by atoms with Gasteiger partial charge in [-0.3, -0.25) is 4.79 Å². The second-order valence-corrected chi connectivity index (χ2v) is 3.02. The van der Waals surface area contributed by atoms with E-state index in [-0.39, 0.29) is 0 Å². The van der Waals surface area contributed by atoms with Crippen molar-refractivity contribution in [2.45, 2.75) is 6.92 Å². The van der Waals surface area contributed by atoms with Crippen LogP contribution < -0.4 is 4.74 Å². The number of ether oxygens (including phenoxy) is 2. The number of hydrogen-bond acceptors (Lipinski definition) is 4. The van der Waals surface area contributed by atoms with E-state index >= 15 is 0 Å². The molecule has 0 saturated carbocycles. The number of hydrogen-bond donors (Lipinski definition) is 0. The number of esters is 1. The summed E-state index contributed by atoms with van der Waals surface area (Å²) in [5.74, 6) is -0.137. The maximum atomic E-state index is 11.4. The quantitative estimate of drug-likeness (QED) is 0.559. The Morgan fingerprint density at radius 1 is 1.33 bits per heavy atom. The van der Waals surface area contributed by atoms with Gasteiger partial charge in [0.05, 0.1) is 14.2 Å². The fraction of sp³-hybridized carbons (Fsp3) is 0.273. The molecule has 0 atom stereocenters. The molecule has 0 aliphatic rings. The third-order valence-electron chi connectivity index (χ3n) is 2.12. The Hall–Kier alpha value is -1.84. The molecule has 0 bridgehead atoms. The second kappa shape index (κ2) is 4.59. The van der Waals surface area contributed by atoms with Crippen molar-refractivity contribution in [3.63, 3.8) is 0 Å². The van der Waals surface area contributed by atoms with Gasteiger partial charge in [-0.25, -0.2) is 4.79 Å². The summed E-state index contributed by atoms with van der Waals surface area (Å²) in [6.45, 7) is 1.75. The van der Waals surface area contributed by atoms with Crippen LogP contribution in [0.4, 0.5) is 0 Å². The van der Waals surface area contributed by atoms with Crippen LogP contribution in [0.15, 0.2) is 12.1 Å². The van der Waals surface area contributed by atoms with Crippen molar-refractivity contribution in [1.29, 1.82) is 0 Å². The first-order chi connectivity index (χ1) is 7.13. The molecule has 1 aromatic carbocycles. The van der Waals surface area contributed by atoms with Crippen molar-refractivity contribution in [3.8, 4) is 5.75 Å². The van der Waals surface area contributed by atoms with E-state index in [2.05, 4.69) is 4.74 Å². The van der Waals surface area contributed by atoms with Gasteiger partial charge < -0.3 is 9.47 Å². The van der Waals surface area contributed by atoms with Crippen LogP contribution in [0.5, 0.6) is 5.75 Å². The van der Waals surface area contributed by atoms with Gasteiger partial charge in [-0.15, -0.1) is 0 Å². The minimum Gasteiger partial charge on any atom is -0.496 e. The summed E-state index contributed by atoms with van der Waals surface area (Å²) < 4.78 is 9.61. The number of aryl methyl sites for hydroxylation is 1. The summed E-state index contributed by atoms with van der Waals surface area (Å²) in [6.07, 6.45) is 0.721. The molecule has 0 aliphatic carbocycles. The van der Waals surface area contributed by atoms with Crippen molar-refractivity contribution in [3.05, 3.63) is 28.8 Å². The van der Waals surface area contributed by atoms with E-state index in [1.807, 2.05) is 0 Å². The van der Waals surface area contributed by atoms with Gasteiger partial charge in [-0.05, 0) is 24.6 Å². The van der Waals surface area contributed by atoms with Crippen molar-refractivity contribution in [2.24, 2.45) is 0 Å². The topological polar surface area (TPSA) is 52.6 Å². The first kappa shape index (κ1) is 11.2. The van der Waals surface area contributed by atoms with Crippen LogP contribution in [0.1, 0.15) is 26.3 Å². The van der Waals surface area contributed by atoms with E-state index in [0.29, 0.717) is 22.4 Å². The third-order valence-corrected chi connectivity index (χ3v) is 2.12. The van der Waals surface area contributed by atoms with Gasteiger partial charge in [-0.1, -0.05) is 0 Å². The Morgan fingerprint density at radius 3 is 2.47 bits per heavy atom. The maximum Gasteiger partial charge on any atom is 0.341 e. The summed E-state index contributed by atoms with van der Waals surface area (Å²) in [6, 6.07) is 3.10. The molecule has 0 radical (unpaired) electrons. The van der Waals surface area contributed by atoms with Crippen LogP contribution in [0, 0.1) is 6.92 Å². The lowest BCUT2D eigenvalue weighted by Crippen LogP contribution is -2.05. The van der Waals surface area contributed by atoms with E-state index in [1.54, 1.807) is 13.0 Å². The Balaban J connectivity index is 3.33. The summed E-state index contributed by atoms with van der Waals surface area (Å²) in [5, 5.41) is 0. The zero-order valence-corrected chi connectivity index (χ0v) is 8.87. The van der Waals surface area contributed by atoms with Crippen LogP contribution in [0.3, 0.4) is 0 Å². The smallest absolute Gasteiger partial charge is 0.341 e. The Kier molecular flexibility index (Phi) is 3.44. The fourth-order valence-corrected chi connectivity index (χ4v) is 1.27. The third kappa shape index (κ3) is 2.15. The zero-order valence-electron chi connectivity index (χ0n) is 8.87. The highest BCUT2D eigenvalue weighted by Gasteiger charge is 2.14. The first-order valence-electron chi connectivity index (χ1n) is 4.36. The predicted octanol–water partition coefficient (Wildman–Crippen LogP) is 1.60. The van der Waals surface area contributed by atoms with E-state index in [9.17, 15) is 9.59 Å². The molecule has 0 amide bonds. The number of methoxy groups -OCH3 is 2. The van der Waals surface area contributed by atoms with Crippen molar-refractivity contribution in [2.75, 3.05) is 14.2 Å². The minimum absolute atomic E-state index is 0.322. The monoisotopic (exact) mass is 208 g/mol. The maximum absolute atomic E-state index is 11.4. The van der Waals surface area contributed by atoms with Crippen LogP contribution in [0.2, 0.25) is 0 Å². The van der Waals surface area contributed by atoms with Gasteiger partial charge in [0.1, 0.15) is 17.6 Å². The molecule has 4 nitrogen and oxygen atoms in total. The molecule has 15 heavy (non-hydrogen) atoms. The van der Waals surface area contributed by atoms with Crippen molar-refractivity contribution < 1.29 is 19.1 Å². The van der Waals surface area contributed by atoms with Crippen molar-refractivity contribution in [1.82, 2.24) is 0 Å². The number of benzene rings is 1. The number of aldehydes is 1. The second-order valence-electron chi connectivity index (χ2n) is 3.02. The van der Waals surface area contributed by atoms with Crippen LogP contribution in [-0.2, 0) is 4.74 Å². The van der Waals surface area contributed by atoms with Gasteiger partial charge >= 0.3 is 5.97 Å². The van der Waals surface area contributed by atoms with E-state index < -0.39 is 5.97 Å². The highest BCUT2D eigenvalue weighted by atomic mass is 16.5. The molecule has 0 saturated heterocycles. The summed E-state index contributed by atoms with van der Waals surface area (Å²) >= 11 is 0. The molecule has 4 heteroatoms. The van der Waals surface area contributed by atoms with Gasteiger partial charge in [0.25, 0.3) is 0 Å². The molecule has 0 heterocycles. The van der Waals surface area contributed by atoms with Gasteiger partial charge in [-0.2, -0.15) is 0 Å². The molecular formula is C11H12O4.